The molecule has 0 aromatic carbocycles. The number of nitro groups is 1. The number of hydrogen-bond acceptors (Lipinski definition) is 5. The molecule has 0 rings (SSSR count). The molecule has 6 nitrogen and oxygen atoms in total. The predicted octanol–water partition coefficient (Wildman–Crippen LogP) is 2.65. The first kappa shape index (κ1) is 14.6. The van der Waals surface area contributed by atoms with Crippen molar-refractivity contribution in [3.8, 4) is 0 Å². The molecule has 0 fully saturated rings. The molecule has 15 heavy (non-hydrogen) atoms. The molecule has 7 heteroatoms. The number of rotatable bonds is 6. The topological polar surface area (TPSA) is 78.7 Å². The third-order valence-corrected chi connectivity index (χ3v) is 4.01. The molecule has 0 aromatic heterocycles. The van der Waals surface area contributed by atoms with Crippen molar-refractivity contribution in [2.24, 2.45) is 0 Å². The van der Waals surface area contributed by atoms with Crippen LogP contribution in [0.5, 0.6) is 0 Å². The lowest BCUT2D eigenvalue weighted by Crippen LogP contribution is -2.22. The number of hydrogen-bond donors (Lipinski definition) is 0. The second-order valence-electron chi connectivity index (χ2n) is 3.77. The van der Waals surface area contributed by atoms with Gasteiger partial charge in [0, 0.05) is 11.8 Å². The Labute approximate surface area is 89.6 Å². The second kappa shape index (κ2) is 5.58. The first-order chi connectivity index (χ1) is 6.69. The standard InChI is InChI=1S/C8H18NO5P/c1-6(2)13-15(12,14-7(3)4)8(5)9(10)11/h6-8H,1-5H3/t8-/m1/s1. The summed E-state index contributed by atoms with van der Waals surface area (Å²) in [5.41, 5.74) is 0. The fourth-order valence-electron chi connectivity index (χ4n) is 0.904. The van der Waals surface area contributed by atoms with Crippen LogP contribution < -0.4 is 0 Å². The Balaban J connectivity index is 4.85. The van der Waals surface area contributed by atoms with Crippen LogP contribution in [0, 0.1) is 10.1 Å². The molecule has 90 valence electrons. The van der Waals surface area contributed by atoms with Crippen LogP contribution in [0.4, 0.5) is 0 Å². The van der Waals surface area contributed by atoms with Crippen LogP contribution in [0.1, 0.15) is 34.6 Å². The first-order valence-corrected chi connectivity index (χ1v) is 6.40. The molecule has 0 saturated heterocycles. The Morgan fingerprint density at radius 2 is 1.40 bits per heavy atom. The minimum atomic E-state index is -3.68. The molecular formula is C8H18NO5P. The molecule has 0 saturated carbocycles. The van der Waals surface area contributed by atoms with Crippen molar-refractivity contribution in [2.75, 3.05) is 0 Å². The van der Waals surface area contributed by atoms with Crippen molar-refractivity contribution in [3.05, 3.63) is 10.1 Å². The van der Waals surface area contributed by atoms with Crippen LogP contribution in [0.3, 0.4) is 0 Å². The minimum absolute atomic E-state index is 0.378. The molecule has 0 heterocycles. The van der Waals surface area contributed by atoms with Crippen molar-refractivity contribution < 1.29 is 18.5 Å². The maximum Gasteiger partial charge on any atom is 0.404 e. The van der Waals surface area contributed by atoms with Gasteiger partial charge in [-0.3, -0.25) is 14.7 Å². The molecule has 0 unspecified atom stereocenters. The van der Waals surface area contributed by atoms with Gasteiger partial charge in [0.25, 0.3) is 0 Å². The lowest BCUT2D eigenvalue weighted by molar-refractivity contribution is -0.497. The fourth-order valence-corrected chi connectivity index (χ4v) is 2.71. The van der Waals surface area contributed by atoms with Gasteiger partial charge in [0.2, 0.25) is 0 Å². The Bertz CT molecular complexity index is 252. The molecule has 0 bridgehead atoms. The summed E-state index contributed by atoms with van der Waals surface area (Å²) in [5, 5.41) is 10.6. The quantitative estimate of drug-likeness (QED) is 0.404. The predicted molar refractivity (Wildman–Crippen MR) is 56.5 cm³/mol. The van der Waals surface area contributed by atoms with Crippen LogP contribution in [-0.4, -0.2) is 22.9 Å². The van der Waals surface area contributed by atoms with E-state index in [0.29, 0.717) is 0 Å². The Kier molecular flexibility index (Phi) is 5.42. The van der Waals surface area contributed by atoms with E-state index >= 15 is 0 Å². The van der Waals surface area contributed by atoms with Gasteiger partial charge in [0.15, 0.2) is 0 Å². The largest absolute Gasteiger partial charge is 0.404 e. The molecule has 1 atom stereocenters. The smallest absolute Gasteiger partial charge is 0.301 e. The Morgan fingerprint density at radius 1 is 1.07 bits per heavy atom. The zero-order chi connectivity index (χ0) is 12.2. The lowest BCUT2D eigenvalue weighted by atomic mass is 10.5. The molecule has 0 N–H and O–H groups in total. The van der Waals surface area contributed by atoms with Crippen LogP contribution in [0.25, 0.3) is 0 Å². The molecule has 0 aliphatic heterocycles. The Morgan fingerprint density at radius 3 is 1.60 bits per heavy atom. The van der Waals surface area contributed by atoms with Crippen molar-refractivity contribution in [2.45, 2.75) is 52.6 Å². The van der Waals surface area contributed by atoms with Crippen molar-refractivity contribution >= 4 is 7.60 Å². The highest BCUT2D eigenvalue weighted by Crippen LogP contribution is 2.54. The fraction of sp³-hybridized carbons (Fsp3) is 1.00. The van der Waals surface area contributed by atoms with E-state index in [1.807, 2.05) is 0 Å². The van der Waals surface area contributed by atoms with Crippen LogP contribution in [-0.2, 0) is 13.6 Å². The third kappa shape index (κ3) is 4.73. The van der Waals surface area contributed by atoms with Gasteiger partial charge in [-0.2, -0.15) is 0 Å². The molecular weight excluding hydrogens is 221 g/mol. The summed E-state index contributed by atoms with van der Waals surface area (Å²) in [5.74, 6) is -1.35. The summed E-state index contributed by atoms with van der Waals surface area (Å²) in [6.07, 6.45) is -0.756. The van der Waals surface area contributed by atoms with Crippen molar-refractivity contribution in [1.82, 2.24) is 0 Å². The summed E-state index contributed by atoms with van der Waals surface area (Å²) in [7, 11) is -3.68. The highest BCUT2D eigenvalue weighted by Gasteiger charge is 2.43. The van der Waals surface area contributed by atoms with Crippen molar-refractivity contribution in [3.63, 3.8) is 0 Å². The zero-order valence-electron chi connectivity index (χ0n) is 9.67. The van der Waals surface area contributed by atoms with Crippen molar-refractivity contribution in [1.29, 1.82) is 0 Å². The van der Waals surface area contributed by atoms with E-state index in [1.54, 1.807) is 27.7 Å². The highest BCUT2D eigenvalue weighted by atomic mass is 31.2. The van der Waals surface area contributed by atoms with Gasteiger partial charge in [-0.25, -0.2) is 0 Å². The van der Waals surface area contributed by atoms with E-state index in [9.17, 15) is 14.7 Å². The lowest BCUT2D eigenvalue weighted by Gasteiger charge is -2.22. The van der Waals surface area contributed by atoms with Crippen LogP contribution >= 0.6 is 7.60 Å². The van der Waals surface area contributed by atoms with Gasteiger partial charge in [-0.1, -0.05) is 0 Å². The van der Waals surface area contributed by atoms with E-state index in [1.165, 1.54) is 6.92 Å². The molecule has 0 aliphatic rings. The minimum Gasteiger partial charge on any atom is -0.301 e. The maximum atomic E-state index is 12.1. The van der Waals surface area contributed by atoms with E-state index in [-0.39, 0.29) is 12.2 Å². The van der Waals surface area contributed by atoms with Gasteiger partial charge in [-0.05, 0) is 27.7 Å². The molecule has 0 aromatic rings. The SMILES string of the molecule is CC(C)OP(=O)(OC(C)C)[C@H](C)[N+](=O)[O-]. The average Bonchev–Trinajstić information content (AvgIpc) is 1.99. The summed E-state index contributed by atoms with van der Waals surface area (Å²) in [4.78, 5) is 9.93. The van der Waals surface area contributed by atoms with E-state index < -0.39 is 18.3 Å². The van der Waals surface area contributed by atoms with Gasteiger partial charge in [0.1, 0.15) is 0 Å². The highest BCUT2D eigenvalue weighted by molar-refractivity contribution is 7.54. The maximum absolute atomic E-state index is 12.1. The van der Waals surface area contributed by atoms with Gasteiger partial charge < -0.3 is 9.05 Å². The normalized spacial score (nSPS) is 14.6. The Hall–Kier alpha value is -0.450. The second-order valence-corrected chi connectivity index (χ2v) is 6.01. The zero-order valence-corrected chi connectivity index (χ0v) is 10.6. The third-order valence-electron chi connectivity index (χ3n) is 1.48. The van der Waals surface area contributed by atoms with E-state index in [0.717, 1.165) is 0 Å². The molecule has 0 amide bonds. The summed E-state index contributed by atoms with van der Waals surface area (Å²) < 4.78 is 22.2. The van der Waals surface area contributed by atoms with E-state index in [4.69, 9.17) is 9.05 Å². The van der Waals surface area contributed by atoms with Crippen LogP contribution in [0.15, 0.2) is 0 Å². The molecule has 0 aliphatic carbocycles. The summed E-state index contributed by atoms with van der Waals surface area (Å²) >= 11 is 0. The van der Waals surface area contributed by atoms with Gasteiger partial charge in [-0.15, -0.1) is 0 Å². The number of nitrogens with zero attached hydrogens (tertiary/aromatic N) is 1. The molecule has 0 spiro atoms. The summed E-state index contributed by atoms with van der Waals surface area (Å²) in [6, 6.07) is 0. The first-order valence-electron chi connectivity index (χ1n) is 4.79. The van der Waals surface area contributed by atoms with Gasteiger partial charge in [0.05, 0.1) is 12.2 Å². The summed E-state index contributed by atoms with van der Waals surface area (Å²) in [6.45, 7) is 7.85. The monoisotopic (exact) mass is 239 g/mol. The van der Waals surface area contributed by atoms with Crippen LogP contribution in [0.2, 0.25) is 0 Å². The molecule has 0 radical (unpaired) electrons. The average molecular weight is 239 g/mol. The van der Waals surface area contributed by atoms with E-state index in [2.05, 4.69) is 0 Å². The van der Waals surface area contributed by atoms with Gasteiger partial charge >= 0.3 is 13.4 Å².